The molecule has 2 aromatic carbocycles. The van der Waals surface area contributed by atoms with E-state index in [2.05, 4.69) is 68.0 Å². The van der Waals surface area contributed by atoms with Crippen LogP contribution in [0.5, 0.6) is 0 Å². The lowest BCUT2D eigenvalue weighted by molar-refractivity contribution is 0.598. The van der Waals surface area contributed by atoms with Crippen molar-refractivity contribution in [3.05, 3.63) is 54.1 Å². The number of aromatic nitrogens is 2. The standard InChI is InChI=1S/C20H21N3/c1-13-12-20(2,3)23(4)18-10-9-14(11-15(13)18)19-21-16-7-5-6-8-17(16)22-19/h5-12H,1-4H3,(H,21,22). The van der Waals surface area contributed by atoms with Crippen molar-refractivity contribution in [1.82, 2.24) is 9.97 Å². The molecule has 2 heterocycles. The van der Waals surface area contributed by atoms with Crippen molar-refractivity contribution in [2.24, 2.45) is 0 Å². The van der Waals surface area contributed by atoms with Crippen LogP contribution in [0, 0.1) is 0 Å². The van der Waals surface area contributed by atoms with Crippen LogP contribution in [0.4, 0.5) is 5.69 Å². The molecule has 1 N–H and O–H groups in total. The third-order valence-corrected chi connectivity index (χ3v) is 4.88. The Labute approximate surface area is 136 Å². The fourth-order valence-electron chi connectivity index (χ4n) is 3.40. The number of fused-ring (bicyclic) bond motifs is 2. The molecule has 1 aliphatic rings. The minimum Gasteiger partial charge on any atom is -0.366 e. The second-order valence-corrected chi connectivity index (χ2v) is 6.87. The number of hydrogen-bond donors (Lipinski definition) is 1. The maximum absolute atomic E-state index is 4.72. The van der Waals surface area contributed by atoms with Crippen molar-refractivity contribution in [2.45, 2.75) is 26.3 Å². The summed E-state index contributed by atoms with van der Waals surface area (Å²) in [5.41, 5.74) is 7.12. The number of nitrogens with one attached hydrogen (secondary N) is 1. The number of imidazole rings is 1. The SMILES string of the molecule is CC1=CC(C)(C)N(C)c2ccc(-c3nc4ccccc4[nH]3)cc21. The van der Waals surface area contributed by atoms with Crippen LogP contribution in [-0.4, -0.2) is 22.6 Å². The molecule has 3 nitrogen and oxygen atoms in total. The van der Waals surface area contributed by atoms with Gasteiger partial charge in [-0.2, -0.15) is 0 Å². The highest BCUT2D eigenvalue weighted by molar-refractivity contribution is 5.85. The number of para-hydroxylation sites is 2. The predicted molar refractivity (Wildman–Crippen MR) is 97.7 cm³/mol. The number of H-pyrrole nitrogens is 1. The van der Waals surface area contributed by atoms with Gasteiger partial charge in [0.25, 0.3) is 0 Å². The summed E-state index contributed by atoms with van der Waals surface area (Å²) in [6.07, 6.45) is 2.33. The topological polar surface area (TPSA) is 31.9 Å². The Kier molecular flexibility index (Phi) is 2.89. The fourth-order valence-corrected chi connectivity index (χ4v) is 3.40. The summed E-state index contributed by atoms with van der Waals surface area (Å²) >= 11 is 0. The number of nitrogens with zero attached hydrogens (tertiary/aromatic N) is 2. The molecule has 23 heavy (non-hydrogen) atoms. The van der Waals surface area contributed by atoms with Crippen LogP contribution in [0.25, 0.3) is 28.0 Å². The molecule has 3 aromatic rings. The van der Waals surface area contributed by atoms with E-state index in [1.54, 1.807) is 0 Å². The zero-order valence-electron chi connectivity index (χ0n) is 14.0. The van der Waals surface area contributed by atoms with Gasteiger partial charge in [-0.25, -0.2) is 4.98 Å². The van der Waals surface area contributed by atoms with Crippen LogP contribution >= 0.6 is 0 Å². The minimum absolute atomic E-state index is 0.0396. The predicted octanol–water partition coefficient (Wildman–Crippen LogP) is 4.86. The molecule has 0 saturated carbocycles. The summed E-state index contributed by atoms with van der Waals surface area (Å²) in [4.78, 5) is 10.5. The zero-order chi connectivity index (χ0) is 16.2. The van der Waals surface area contributed by atoms with Crippen LogP contribution in [0.2, 0.25) is 0 Å². The highest BCUT2D eigenvalue weighted by atomic mass is 15.2. The van der Waals surface area contributed by atoms with E-state index in [-0.39, 0.29) is 5.54 Å². The Morgan fingerprint density at radius 2 is 1.87 bits per heavy atom. The van der Waals surface area contributed by atoms with Crippen LogP contribution in [0.1, 0.15) is 26.3 Å². The van der Waals surface area contributed by atoms with Crippen molar-refractivity contribution < 1.29 is 0 Å². The van der Waals surface area contributed by atoms with Crippen molar-refractivity contribution in [3.8, 4) is 11.4 Å². The van der Waals surface area contributed by atoms with Gasteiger partial charge in [0.15, 0.2) is 0 Å². The van der Waals surface area contributed by atoms with E-state index >= 15 is 0 Å². The summed E-state index contributed by atoms with van der Waals surface area (Å²) in [7, 11) is 2.16. The van der Waals surface area contributed by atoms with Gasteiger partial charge in [-0.1, -0.05) is 18.2 Å². The quantitative estimate of drug-likeness (QED) is 0.696. The molecule has 0 unspecified atom stereocenters. The molecule has 0 spiro atoms. The van der Waals surface area contributed by atoms with Crippen LogP contribution in [-0.2, 0) is 0 Å². The van der Waals surface area contributed by atoms with Crippen molar-refractivity contribution >= 4 is 22.3 Å². The number of likely N-dealkylation sites (N-methyl/N-ethyl adjacent to an activating group) is 1. The number of rotatable bonds is 1. The highest BCUT2D eigenvalue weighted by Crippen LogP contribution is 2.39. The Bertz CT molecular complexity index is 898. The molecule has 1 aliphatic heterocycles. The van der Waals surface area contributed by atoms with Crippen molar-refractivity contribution in [3.63, 3.8) is 0 Å². The third kappa shape index (κ3) is 2.15. The lowest BCUT2D eigenvalue weighted by Crippen LogP contribution is -2.41. The second kappa shape index (κ2) is 4.72. The molecule has 0 atom stereocenters. The summed E-state index contributed by atoms with van der Waals surface area (Å²) in [5.74, 6) is 0.925. The Morgan fingerprint density at radius 3 is 2.65 bits per heavy atom. The molecular formula is C20H21N3. The summed E-state index contributed by atoms with van der Waals surface area (Å²) in [6, 6.07) is 14.7. The summed E-state index contributed by atoms with van der Waals surface area (Å²) < 4.78 is 0. The van der Waals surface area contributed by atoms with Gasteiger partial charge in [-0.3, -0.25) is 0 Å². The molecule has 0 amide bonds. The lowest BCUT2D eigenvalue weighted by atomic mass is 9.88. The molecule has 1 aromatic heterocycles. The number of benzene rings is 2. The van der Waals surface area contributed by atoms with Gasteiger partial charge >= 0.3 is 0 Å². The van der Waals surface area contributed by atoms with Gasteiger partial charge in [-0.15, -0.1) is 0 Å². The first-order chi connectivity index (χ1) is 11.0. The molecule has 0 aliphatic carbocycles. The van der Waals surface area contributed by atoms with E-state index in [9.17, 15) is 0 Å². The molecule has 0 bridgehead atoms. The molecule has 0 radical (unpaired) electrons. The van der Waals surface area contributed by atoms with Gasteiger partial charge in [0.1, 0.15) is 5.82 Å². The second-order valence-electron chi connectivity index (χ2n) is 6.87. The summed E-state index contributed by atoms with van der Waals surface area (Å²) in [6.45, 7) is 6.68. The summed E-state index contributed by atoms with van der Waals surface area (Å²) in [5, 5.41) is 0. The minimum atomic E-state index is 0.0396. The number of aromatic amines is 1. The monoisotopic (exact) mass is 303 g/mol. The van der Waals surface area contributed by atoms with E-state index in [1.165, 1.54) is 16.8 Å². The third-order valence-electron chi connectivity index (χ3n) is 4.88. The van der Waals surface area contributed by atoms with E-state index in [0.717, 1.165) is 22.4 Å². The first-order valence-electron chi connectivity index (χ1n) is 7.98. The number of allylic oxidation sites excluding steroid dienone is 1. The van der Waals surface area contributed by atoms with Gasteiger partial charge in [0.05, 0.1) is 16.6 Å². The van der Waals surface area contributed by atoms with Gasteiger partial charge < -0.3 is 9.88 Å². The molecule has 116 valence electrons. The van der Waals surface area contributed by atoms with Crippen LogP contribution < -0.4 is 4.90 Å². The smallest absolute Gasteiger partial charge is 0.138 e. The van der Waals surface area contributed by atoms with E-state index in [0.29, 0.717) is 0 Å². The highest BCUT2D eigenvalue weighted by Gasteiger charge is 2.28. The average molecular weight is 303 g/mol. The molecular weight excluding hydrogens is 282 g/mol. The number of anilines is 1. The van der Waals surface area contributed by atoms with Crippen molar-refractivity contribution in [1.29, 1.82) is 0 Å². The normalized spacial score (nSPS) is 16.3. The first kappa shape index (κ1) is 14.1. The van der Waals surface area contributed by atoms with Crippen LogP contribution in [0.15, 0.2) is 48.5 Å². The maximum atomic E-state index is 4.72. The van der Waals surface area contributed by atoms with Crippen molar-refractivity contribution in [2.75, 3.05) is 11.9 Å². The van der Waals surface area contributed by atoms with Gasteiger partial charge in [0.2, 0.25) is 0 Å². The first-order valence-corrected chi connectivity index (χ1v) is 7.98. The maximum Gasteiger partial charge on any atom is 0.138 e. The zero-order valence-corrected chi connectivity index (χ0v) is 14.0. The average Bonchev–Trinajstić information content (AvgIpc) is 2.96. The number of hydrogen-bond acceptors (Lipinski definition) is 2. The molecule has 3 heteroatoms. The van der Waals surface area contributed by atoms with Gasteiger partial charge in [0, 0.05) is 23.9 Å². The fraction of sp³-hybridized carbons (Fsp3) is 0.250. The van der Waals surface area contributed by atoms with Gasteiger partial charge in [-0.05, 0) is 56.7 Å². The Hall–Kier alpha value is -2.55. The largest absolute Gasteiger partial charge is 0.366 e. The van der Waals surface area contributed by atoms with E-state index in [1.807, 2.05) is 18.2 Å². The van der Waals surface area contributed by atoms with E-state index in [4.69, 9.17) is 4.98 Å². The Morgan fingerprint density at radius 1 is 1.09 bits per heavy atom. The molecule has 0 saturated heterocycles. The molecule has 0 fully saturated rings. The van der Waals surface area contributed by atoms with Crippen LogP contribution in [0.3, 0.4) is 0 Å². The molecule has 4 rings (SSSR count). The lowest BCUT2D eigenvalue weighted by Gasteiger charge is -2.40. The Balaban J connectivity index is 1.85. The van der Waals surface area contributed by atoms with E-state index < -0.39 is 0 Å².